The molecule has 4 rings (SSSR count). The molecule has 3 aromatic rings. The first kappa shape index (κ1) is 19.5. The van der Waals surface area contributed by atoms with E-state index in [2.05, 4.69) is 20.4 Å². The molecule has 1 aromatic heterocycles. The molecular weight excluding hydrogens is 388 g/mol. The van der Waals surface area contributed by atoms with Crippen molar-refractivity contribution in [3.8, 4) is 0 Å². The van der Waals surface area contributed by atoms with Crippen molar-refractivity contribution < 1.29 is 4.79 Å². The van der Waals surface area contributed by atoms with E-state index in [-0.39, 0.29) is 5.91 Å². The second-order valence-corrected chi connectivity index (χ2v) is 7.66. The van der Waals surface area contributed by atoms with Gasteiger partial charge in [0.2, 0.25) is 5.91 Å². The van der Waals surface area contributed by atoms with E-state index in [4.69, 9.17) is 11.6 Å². The minimum Gasteiger partial charge on any atom is -0.338 e. The SMILES string of the molecule is O=C(C(Cc1ccccc1)n1cnnn1)N1CCN(Cc2ccc(Cl)cc2)CC1. The quantitative estimate of drug-likeness (QED) is 0.624. The van der Waals surface area contributed by atoms with E-state index in [0.717, 1.165) is 30.2 Å². The number of carbonyl (C=O) groups is 1. The summed E-state index contributed by atoms with van der Waals surface area (Å²) in [6.07, 6.45) is 2.08. The van der Waals surface area contributed by atoms with Gasteiger partial charge in [-0.05, 0) is 33.7 Å². The summed E-state index contributed by atoms with van der Waals surface area (Å²) >= 11 is 5.96. The van der Waals surface area contributed by atoms with Gasteiger partial charge in [0.1, 0.15) is 12.4 Å². The number of piperazine rings is 1. The normalized spacial score (nSPS) is 16.0. The number of benzene rings is 2. The number of rotatable bonds is 6. The highest BCUT2D eigenvalue weighted by atomic mass is 35.5. The van der Waals surface area contributed by atoms with Gasteiger partial charge in [0.05, 0.1) is 0 Å². The topological polar surface area (TPSA) is 67.2 Å². The van der Waals surface area contributed by atoms with Crippen LogP contribution in [-0.4, -0.2) is 62.1 Å². The van der Waals surface area contributed by atoms with Gasteiger partial charge >= 0.3 is 0 Å². The van der Waals surface area contributed by atoms with Crippen LogP contribution < -0.4 is 0 Å². The van der Waals surface area contributed by atoms with Gasteiger partial charge in [0.15, 0.2) is 0 Å². The molecule has 150 valence electrons. The maximum atomic E-state index is 13.3. The van der Waals surface area contributed by atoms with Gasteiger partial charge in [-0.25, -0.2) is 4.68 Å². The van der Waals surface area contributed by atoms with Crippen LogP contribution in [0.5, 0.6) is 0 Å². The summed E-state index contributed by atoms with van der Waals surface area (Å²) in [5, 5.41) is 12.2. The molecule has 0 spiro atoms. The number of carbonyl (C=O) groups excluding carboxylic acids is 1. The summed E-state index contributed by atoms with van der Waals surface area (Å²) in [6, 6.07) is 17.5. The fraction of sp³-hybridized carbons (Fsp3) is 0.333. The van der Waals surface area contributed by atoms with Crippen molar-refractivity contribution in [3.05, 3.63) is 77.1 Å². The number of hydrogen-bond acceptors (Lipinski definition) is 5. The van der Waals surface area contributed by atoms with Gasteiger partial charge in [-0.3, -0.25) is 9.69 Å². The average molecular weight is 411 g/mol. The summed E-state index contributed by atoms with van der Waals surface area (Å²) in [4.78, 5) is 17.6. The fourth-order valence-corrected chi connectivity index (χ4v) is 3.75. The molecule has 1 fully saturated rings. The number of nitrogens with zero attached hydrogens (tertiary/aromatic N) is 6. The molecule has 1 unspecified atom stereocenters. The number of halogens is 1. The van der Waals surface area contributed by atoms with Gasteiger partial charge < -0.3 is 4.90 Å². The monoisotopic (exact) mass is 410 g/mol. The molecule has 0 bridgehead atoms. The van der Waals surface area contributed by atoms with Crippen LogP contribution in [0, 0.1) is 0 Å². The maximum Gasteiger partial charge on any atom is 0.248 e. The Morgan fingerprint density at radius 3 is 2.34 bits per heavy atom. The fourth-order valence-electron chi connectivity index (χ4n) is 3.63. The largest absolute Gasteiger partial charge is 0.338 e. The Labute approximate surface area is 174 Å². The molecule has 1 aliphatic heterocycles. The Morgan fingerprint density at radius 1 is 0.966 bits per heavy atom. The lowest BCUT2D eigenvalue weighted by atomic mass is 10.0. The Kier molecular flexibility index (Phi) is 6.17. The van der Waals surface area contributed by atoms with Crippen molar-refractivity contribution in [1.29, 1.82) is 0 Å². The van der Waals surface area contributed by atoms with Gasteiger partial charge in [0.25, 0.3) is 0 Å². The van der Waals surface area contributed by atoms with Crippen molar-refractivity contribution in [1.82, 2.24) is 30.0 Å². The number of aromatic nitrogens is 4. The lowest BCUT2D eigenvalue weighted by molar-refractivity contribution is -0.137. The van der Waals surface area contributed by atoms with Crippen LogP contribution >= 0.6 is 11.6 Å². The van der Waals surface area contributed by atoms with Crippen LogP contribution in [0.3, 0.4) is 0 Å². The van der Waals surface area contributed by atoms with Crippen LogP contribution in [0.1, 0.15) is 17.2 Å². The number of tetrazole rings is 1. The molecule has 29 heavy (non-hydrogen) atoms. The first-order chi connectivity index (χ1) is 14.2. The Hall–Kier alpha value is -2.77. The zero-order valence-corrected chi connectivity index (χ0v) is 16.8. The number of amides is 1. The van der Waals surface area contributed by atoms with Gasteiger partial charge in [-0.1, -0.05) is 54.1 Å². The molecule has 1 aliphatic rings. The van der Waals surface area contributed by atoms with Crippen LogP contribution in [0.2, 0.25) is 5.02 Å². The van der Waals surface area contributed by atoms with Crippen molar-refractivity contribution in [2.75, 3.05) is 26.2 Å². The van der Waals surface area contributed by atoms with Gasteiger partial charge in [-0.2, -0.15) is 0 Å². The van der Waals surface area contributed by atoms with E-state index >= 15 is 0 Å². The van der Waals surface area contributed by atoms with Crippen LogP contribution in [0.4, 0.5) is 0 Å². The van der Waals surface area contributed by atoms with E-state index in [1.165, 1.54) is 11.9 Å². The van der Waals surface area contributed by atoms with Crippen LogP contribution in [0.15, 0.2) is 60.9 Å². The third-order valence-corrected chi connectivity index (χ3v) is 5.50. The molecule has 2 heterocycles. The highest BCUT2D eigenvalue weighted by Gasteiger charge is 2.29. The molecule has 0 aliphatic carbocycles. The lowest BCUT2D eigenvalue weighted by Crippen LogP contribution is -2.50. The molecule has 1 atom stereocenters. The molecule has 1 amide bonds. The smallest absolute Gasteiger partial charge is 0.248 e. The zero-order chi connectivity index (χ0) is 20.1. The molecule has 8 heteroatoms. The summed E-state index contributed by atoms with van der Waals surface area (Å²) in [7, 11) is 0. The second-order valence-electron chi connectivity index (χ2n) is 7.22. The Balaban J connectivity index is 1.39. The molecule has 0 saturated carbocycles. The van der Waals surface area contributed by atoms with Crippen molar-refractivity contribution in [2.45, 2.75) is 19.0 Å². The van der Waals surface area contributed by atoms with E-state index in [9.17, 15) is 4.79 Å². The van der Waals surface area contributed by atoms with E-state index < -0.39 is 6.04 Å². The third kappa shape index (κ3) is 4.99. The summed E-state index contributed by atoms with van der Waals surface area (Å²) < 4.78 is 1.56. The standard InChI is InChI=1S/C21H23ClN6O/c22-19-8-6-18(7-9-19)15-26-10-12-27(13-11-26)21(29)20(28-16-23-24-25-28)14-17-4-2-1-3-5-17/h1-9,16,20H,10-15H2. The molecule has 0 N–H and O–H groups in total. The summed E-state index contributed by atoms with van der Waals surface area (Å²) in [5.41, 5.74) is 2.31. The predicted molar refractivity (Wildman–Crippen MR) is 110 cm³/mol. The second kappa shape index (κ2) is 9.15. The van der Waals surface area contributed by atoms with Crippen LogP contribution in [0.25, 0.3) is 0 Å². The highest BCUT2D eigenvalue weighted by Crippen LogP contribution is 2.18. The molecule has 1 saturated heterocycles. The zero-order valence-electron chi connectivity index (χ0n) is 16.1. The molecule has 2 aromatic carbocycles. The molecule has 7 nitrogen and oxygen atoms in total. The lowest BCUT2D eigenvalue weighted by Gasteiger charge is -2.36. The summed E-state index contributed by atoms with van der Waals surface area (Å²) in [5.74, 6) is 0.0623. The van der Waals surface area contributed by atoms with Gasteiger partial charge in [0, 0.05) is 44.2 Å². The van der Waals surface area contributed by atoms with Crippen molar-refractivity contribution in [2.24, 2.45) is 0 Å². The van der Waals surface area contributed by atoms with Gasteiger partial charge in [-0.15, -0.1) is 5.10 Å². The van der Waals surface area contributed by atoms with Crippen molar-refractivity contribution >= 4 is 17.5 Å². The third-order valence-electron chi connectivity index (χ3n) is 5.24. The Morgan fingerprint density at radius 2 is 1.69 bits per heavy atom. The van der Waals surface area contributed by atoms with E-state index in [0.29, 0.717) is 19.5 Å². The first-order valence-electron chi connectivity index (χ1n) is 9.71. The minimum atomic E-state index is -0.435. The number of hydrogen-bond donors (Lipinski definition) is 0. The van der Waals surface area contributed by atoms with Crippen molar-refractivity contribution in [3.63, 3.8) is 0 Å². The minimum absolute atomic E-state index is 0.0623. The van der Waals surface area contributed by atoms with E-state index in [1.807, 2.05) is 59.5 Å². The highest BCUT2D eigenvalue weighted by molar-refractivity contribution is 6.30. The van der Waals surface area contributed by atoms with E-state index in [1.54, 1.807) is 4.68 Å². The molecule has 0 radical (unpaired) electrons. The Bertz CT molecular complexity index is 908. The summed E-state index contributed by atoms with van der Waals surface area (Å²) in [6.45, 7) is 3.92. The maximum absolute atomic E-state index is 13.3. The van der Waals surface area contributed by atoms with Crippen LogP contribution in [-0.2, 0) is 17.8 Å². The predicted octanol–water partition coefficient (Wildman–Crippen LogP) is 2.45. The first-order valence-corrected chi connectivity index (χ1v) is 10.1. The molecular formula is C21H23ClN6O. The average Bonchev–Trinajstić information content (AvgIpc) is 3.29.